The number of aliphatic carboxylic acids is 1. The minimum atomic E-state index is -1.13. The van der Waals surface area contributed by atoms with E-state index < -0.39 is 18.0 Å². The number of amides is 2. The zero-order valence-electron chi connectivity index (χ0n) is 12.3. The summed E-state index contributed by atoms with van der Waals surface area (Å²) in [6.07, 6.45) is -0.447. The average molecular weight is 326 g/mol. The van der Waals surface area contributed by atoms with Gasteiger partial charge in [-0.1, -0.05) is 6.92 Å². The fraction of sp³-hybridized carbons (Fsp3) is 0.643. The Labute approximate surface area is 131 Å². The van der Waals surface area contributed by atoms with Crippen molar-refractivity contribution in [3.8, 4) is 0 Å². The zero-order chi connectivity index (χ0) is 16.2. The number of fused-ring (bicyclic) bond motifs is 1. The minimum Gasteiger partial charge on any atom is -0.477 e. The maximum Gasteiger partial charge on any atom is 0.353 e. The third-order valence-corrected chi connectivity index (χ3v) is 6.03. The summed E-state index contributed by atoms with van der Waals surface area (Å²) in [5, 5.41) is 22.0. The summed E-state index contributed by atoms with van der Waals surface area (Å²) >= 11 is 1.37. The summed E-state index contributed by atoms with van der Waals surface area (Å²) in [4.78, 5) is 37.0. The fourth-order valence-corrected chi connectivity index (χ4v) is 4.93. The van der Waals surface area contributed by atoms with Gasteiger partial charge in [-0.25, -0.2) is 4.79 Å². The molecule has 7 nitrogen and oxygen atoms in total. The third kappa shape index (κ3) is 2.13. The van der Waals surface area contributed by atoms with E-state index in [4.69, 9.17) is 0 Å². The van der Waals surface area contributed by atoms with Crippen molar-refractivity contribution in [2.45, 2.75) is 37.7 Å². The highest BCUT2D eigenvalue weighted by Gasteiger charge is 2.60. The molecule has 22 heavy (non-hydrogen) atoms. The summed E-state index contributed by atoms with van der Waals surface area (Å²) in [5.74, 6) is -2.20. The smallest absolute Gasteiger partial charge is 0.353 e. The van der Waals surface area contributed by atoms with E-state index in [1.165, 1.54) is 16.7 Å². The van der Waals surface area contributed by atoms with Crippen LogP contribution in [0.3, 0.4) is 0 Å². The van der Waals surface area contributed by atoms with E-state index in [9.17, 15) is 24.6 Å². The monoisotopic (exact) mass is 326 g/mol. The van der Waals surface area contributed by atoms with Crippen LogP contribution < -0.4 is 5.32 Å². The van der Waals surface area contributed by atoms with E-state index in [0.29, 0.717) is 17.9 Å². The first-order valence-corrected chi connectivity index (χ1v) is 8.12. The number of carbonyl (C=O) groups excluding carboxylic acids is 2. The molecule has 8 heteroatoms. The number of carboxylic acid groups (broad SMARTS) is 1. The van der Waals surface area contributed by atoms with Crippen molar-refractivity contribution in [2.75, 3.05) is 6.54 Å². The molecule has 2 saturated heterocycles. The molecule has 2 amide bonds. The molecule has 0 aromatic heterocycles. The molecule has 3 aliphatic heterocycles. The number of rotatable bonds is 4. The molecular weight excluding hydrogens is 308 g/mol. The maximum absolute atomic E-state index is 12.2. The molecule has 0 bridgehead atoms. The second-order valence-corrected chi connectivity index (χ2v) is 7.36. The number of aliphatic hydroxyl groups is 1. The van der Waals surface area contributed by atoms with Crippen LogP contribution in [0.1, 0.15) is 20.3 Å². The summed E-state index contributed by atoms with van der Waals surface area (Å²) in [5.41, 5.74) is 0.0174. The van der Waals surface area contributed by atoms with Crippen molar-refractivity contribution in [3.05, 3.63) is 10.6 Å². The second-order valence-electron chi connectivity index (χ2n) is 6.02. The van der Waals surface area contributed by atoms with Gasteiger partial charge in [-0.05, 0) is 6.92 Å². The van der Waals surface area contributed by atoms with Gasteiger partial charge in [-0.3, -0.25) is 9.59 Å². The molecule has 0 spiro atoms. The van der Waals surface area contributed by atoms with Crippen molar-refractivity contribution in [1.82, 2.24) is 10.2 Å². The van der Waals surface area contributed by atoms with Crippen molar-refractivity contribution in [2.24, 2.45) is 11.8 Å². The number of nitrogens with zero attached hydrogens (tertiary/aromatic N) is 1. The minimum absolute atomic E-state index is 0.0156. The number of aliphatic hydroxyl groups excluding tert-OH is 1. The summed E-state index contributed by atoms with van der Waals surface area (Å²) in [7, 11) is 0. The van der Waals surface area contributed by atoms with Crippen LogP contribution in [-0.4, -0.2) is 56.8 Å². The molecule has 0 saturated carbocycles. The molecule has 3 rings (SSSR count). The van der Waals surface area contributed by atoms with Gasteiger partial charge in [0.05, 0.1) is 18.1 Å². The van der Waals surface area contributed by atoms with Crippen LogP contribution in [0.5, 0.6) is 0 Å². The third-order valence-electron chi connectivity index (χ3n) is 4.54. The lowest BCUT2D eigenvalue weighted by molar-refractivity contribution is -0.163. The quantitative estimate of drug-likeness (QED) is 0.616. The van der Waals surface area contributed by atoms with Gasteiger partial charge in [0.25, 0.3) is 0 Å². The fourth-order valence-electron chi connectivity index (χ4n) is 3.52. The van der Waals surface area contributed by atoms with Gasteiger partial charge in [0.2, 0.25) is 11.8 Å². The summed E-state index contributed by atoms with van der Waals surface area (Å²) in [6, 6.07) is -0.300. The highest BCUT2D eigenvalue weighted by atomic mass is 32.2. The van der Waals surface area contributed by atoms with E-state index in [-0.39, 0.29) is 34.7 Å². The molecule has 3 aliphatic rings. The number of hydrogen-bond donors (Lipinski definition) is 3. The molecule has 120 valence electrons. The van der Waals surface area contributed by atoms with Gasteiger partial charge in [-0.2, -0.15) is 0 Å². The van der Waals surface area contributed by atoms with Gasteiger partial charge in [0.15, 0.2) is 0 Å². The van der Waals surface area contributed by atoms with E-state index in [2.05, 4.69) is 5.32 Å². The maximum atomic E-state index is 12.2. The van der Waals surface area contributed by atoms with E-state index in [0.717, 1.165) is 0 Å². The number of hydrogen-bond acceptors (Lipinski definition) is 5. The molecule has 2 fully saturated rings. The Morgan fingerprint density at radius 3 is 2.64 bits per heavy atom. The second kappa shape index (κ2) is 5.27. The molecule has 0 aromatic carbocycles. The van der Waals surface area contributed by atoms with Crippen molar-refractivity contribution in [3.63, 3.8) is 0 Å². The SMILES string of the molecule is C[C@@H](O)[C@H]1C(=O)N2C(C(=O)O)=C(SC3CNC(=O)C3)[C@H](C)[C@H]12. The summed E-state index contributed by atoms with van der Waals surface area (Å²) < 4.78 is 0. The van der Waals surface area contributed by atoms with E-state index in [1.54, 1.807) is 6.92 Å². The number of carbonyl (C=O) groups is 3. The standard InChI is InChI=1S/C14H18N2O5S/c1-5-10-9(6(2)17)13(19)16(10)11(14(20)21)12(5)22-7-3-8(18)15-4-7/h5-7,9-10,17H,3-4H2,1-2H3,(H,15,18)(H,20,21)/t5-,6-,7?,9-,10-/m1/s1. The Hall–Kier alpha value is -1.54. The van der Waals surface area contributed by atoms with Crippen LogP contribution in [0.15, 0.2) is 10.6 Å². The molecule has 3 N–H and O–H groups in total. The van der Waals surface area contributed by atoms with Crippen LogP contribution in [0.2, 0.25) is 0 Å². The molecular formula is C14H18N2O5S. The number of carboxylic acids is 1. The number of thioether (sulfide) groups is 1. The van der Waals surface area contributed by atoms with Crippen LogP contribution in [-0.2, 0) is 14.4 Å². The first kappa shape index (κ1) is 15.4. The van der Waals surface area contributed by atoms with Crippen LogP contribution in [0.4, 0.5) is 0 Å². The van der Waals surface area contributed by atoms with Gasteiger partial charge in [-0.15, -0.1) is 11.8 Å². The van der Waals surface area contributed by atoms with E-state index in [1.807, 2.05) is 6.92 Å². The zero-order valence-corrected chi connectivity index (χ0v) is 13.1. The predicted molar refractivity (Wildman–Crippen MR) is 78.6 cm³/mol. The number of nitrogens with one attached hydrogen (secondary N) is 1. The molecule has 3 heterocycles. The van der Waals surface area contributed by atoms with Crippen LogP contribution in [0, 0.1) is 11.8 Å². The lowest BCUT2D eigenvalue weighted by Gasteiger charge is -2.46. The molecule has 0 aliphatic carbocycles. The lowest BCUT2D eigenvalue weighted by Crippen LogP contribution is -2.63. The van der Waals surface area contributed by atoms with Crippen LogP contribution >= 0.6 is 11.8 Å². The Bertz CT molecular complexity index is 588. The Balaban J connectivity index is 1.88. The molecule has 0 radical (unpaired) electrons. The first-order chi connectivity index (χ1) is 10.3. The Kier molecular flexibility index (Phi) is 3.68. The van der Waals surface area contributed by atoms with Crippen molar-refractivity contribution in [1.29, 1.82) is 0 Å². The van der Waals surface area contributed by atoms with Crippen molar-refractivity contribution < 1.29 is 24.6 Å². The molecule has 0 aromatic rings. The highest BCUT2D eigenvalue weighted by molar-refractivity contribution is 8.03. The van der Waals surface area contributed by atoms with Crippen LogP contribution in [0.25, 0.3) is 0 Å². The molecule has 5 atom stereocenters. The normalized spacial score (nSPS) is 35.3. The van der Waals surface area contributed by atoms with Crippen molar-refractivity contribution >= 4 is 29.5 Å². The highest BCUT2D eigenvalue weighted by Crippen LogP contribution is 2.51. The van der Waals surface area contributed by atoms with E-state index >= 15 is 0 Å². The topological polar surface area (TPSA) is 107 Å². The average Bonchev–Trinajstić information content (AvgIpc) is 2.92. The Morgan fingerprint density at radius 1 is 1.45 bits per heavy atom. The van der Waals surface area contributed by atoms with Gasteiger partial charge >= 0.3 is 5.97 Å². The largest absolute Gasteiger partial charge is 0.477 e. The lowest BCUT2D eigenvalue weighted by atomic mass is 9.79. The number of β-lactam (4-membered cyclic amide) rings is 1. The van der Waals surface area contributed by atoms with Gasteiger partial charge in [0, 0.05) is 29.0 Å². The molecule has 1 unspecified atom stereocenters. The van der Waals surface area contributed by atoms with Gasteiger partial charge in [0.1, 0.15) is 5.70 Å². The Morgan fingerprint density at radius 2 is 2.14 bits per heavy atom. The summed E-state index contributed by atoms with van der Waals surface area (Å²) in [6.45, 7) is 3.94. The predicted octanol–water partition coefficient (Wildman–Crippen LogP) is -0.238. The van der Waals surface area contributed by atoms with Gasteiger partial charge < -0.3 is 20.4 Å². The first-order valence-electron chi connectivity index (χ1n) is 7.25.